The number of nitrogens with two attached hydrogens (primary N) is 2. The van der Waals surface area contributed by atoms with Gasteiger partial charge in [-0.2, -0.15) is 0 Å². The zero-order chi connectivity index (χ0) is 13.7. The van der Waals surface area contributed by atoms with Gasteiger partial charge in [0, 0.05) is 6.54 Å². The van der Waals surface area contributed by atoms with Gasteiger partial charge < -0.3 is 21.5 Å². The van der Waals surface area contributed by atoms with Crippen LogP contribution >= 0.6 is 0 Å². The highest BCUT2D eigenvalue weighted by Gasteiger charge is 2.14. The smallest absolute Gasteiger partial charge is 0.250 e. The van der Waals surface area contributed by atoms with Crippen LogP contribution in [0.15, 0.2) is 12.3 Å². The lowest BCUT2D eigenvalue weighted by Gasteiger charge is -2.12. The summed E-state index contributed by atoms with van der Waals surface area (Å²) >= 11 is 0. The number of carbonyl (C=O) groups is 1. The number of hydrogen-bond acceptors (Lipinski definition) is 5. The minimum atomic E-state index is -0.551. The molecule has 6 heteroatoms. The van der Waals surface area contributed by atoms with Crippen molar-refractivity contribution in [3.05, 3.63) is 17.8 Å². The molecule has 5 N–H and O–H groups in total. The lowest BCUT2D eigenvalue weighted by atomic mass is 10.2. The number of anilines is 2. The Balaban J connectivity index is 1.79. The molecule has 2 rings (SSSR count). The molecule has 0 saturated heterocycles. The molecule has 0 spiro atoms. The number of rotatable bonds is 6. The maximum atomic E-state index is 11.1. The molecule has 104 valence electrons. The predicted octanol–water partition coefficient (Wildman–Crippen LogP) is 1.13. The van der Waals surface area contributed by atoms with Crippen molar-refractivity contribution >= 4 is 17.4 Å². The third-order valence-electron chi connectivity index (χ3n) is 3.26. The van der Waals surface area contributed by atoms with Crippen LogP contribution in [0, 0.1) is 0 Å². The van der Waals surface area contributed by atoms with Crippen LogP contribution in [0.2, 0.25) is 0 Å². The standard InChI is InChI=1S/C13H20N4O2/c14-11-8-17-12(7-10(11)13(15)18)16-5-6-19-9-3-1-2-4-9/h7-9H,1-6,14H2,(H2,15,18)(H,16,17). The SMILES string of the molecule is NC(=O)c1cc(NCCOC2CCCC2)ncc1N. The average Bonchev–Trinajstić information content (AvgIpc) is 2.89. The largest absolute Gasteiger partial charge is 0.397 e. The Hall–Kier alpha value is -1.82. The molecule has 0 radical (unpaired) electrons. The summed E-state index contributed by atoms with van der Waals surface area (Å²) in [6.45, 7) is 1.27. The number of nitrogens with zero attached hydrogens (tertiary/aromatic N) is 1. The Morgan fingerprint density at radius 3 is 2.89 bits per heavy atom. The minimum absolute atomic E-state index is 0.286. The predicted molar refractivity (Wildman–Crippen MR) is 73.9 cm³/mol. The zero-order valence-electron chi connectivity index (χ0n) is 10.9. The third kappa shape index (κ3) is 3.82. The molecular weight excluding hydrogens is 244 g/mol. The highest BCUT2D eigenvalue weighted by Crippen LogP contribution is 2.20. The molecule has 19 heavy (non-hydrogen) atoms. The van der Waals surface area contributed by atoms with Gasteiger partial charge in [0.05, 0.1) is 30.2 Å². The number of hydrogen-bond donors (Lipinski definition) is 3. The molecule has 1 saturated carbocycles. The number of nitrogens with one attached hydrogen (secondary N) is 1. The highest BCUT2D eigenvalue weighted by molar-refractivity contribution is 5.98. The summed E-state index contributed by atoms with van der Waals surface area (Å²) in [5.74, 6) is 0.0307. The number of ether oxygens (including phenoxy) is 1. The molecular formula is C13H20N4O2. The summed E-state index contributed by atoms with van der Waals surface area (Å²) < 4.78 is 5.72. The first-order valence-corrected chi connectivity index (χ1v) is 6.57. The zero-order valence-corrected chi connectivity index (χ0v) is 10.9. The van der Waals surface area contributed by atoms with Gasteiger partial charge in [-0.15, -0.1) is 0 Å². The van der Waals surface area contributed by atoms with Gasteiger partial charge in [0.1, 0.15) is 5.82 Å². The van der Waals surface area contributed by atoms with Crippen molar-refractivity contribution in [2.75, 3.05) is 24.2 Å². The van der Waals surface area contributed by atoms with Crippen LogP contribution in [0.4, 0.5) is 11.5 Å². The van der Waals surface area contributed by atoms with Gasteiger partial charge in [0.15, 0.2) is 0 Å². The first-order valence-electron chi connectivity index (χ1n) is 6.57. The molecule has 1 aromatic rings. The summed E-state index contributed by atoms with van der Waals surface area (Å²) in [6.07, 6.45) is 6.68. The number of carbonyl (C=O) groups excluding carboxylic acids is 1. The minimum Gasteiger partial charge on any atom is -0.397 e. The van der Waals surface area contributed by atoms with Crippen LogP contribution in [0.3, 0.4) is 0 Å². The number of amides is 1. The Morgan fingerprint density at radius 1 is 1.47 bits per heavy atom. The van der Waals surface area contributed by atoms with E-state index in [1.807, 2.05) is 0 Å². The number of aromatic nitrogens is 1. The van der Waals surface area contributed by atoms with Gasteiger partial charge in [-0.05, 0) is 18.9 Å². The highest BCUT2D eigenvalue weighted by atomic mass is 16.5. The maximum absolute atomic E-state index is 11.1. The fourth-order valence-corrected chi connectivity index (χ4v) is 2.24. The van der Waals surface area contributed by atoms with Crippen molar-refractivity contribution in [1.29, 1.82) is 0 Å². The second-order valence-electron chi connectivity index (χ2n) is 4.73. The molecule has 1 aliphatic rings. The monoisotopic (exact) mass is 264 g/mol. The Labute approximate surface area is 112 Å². The summed E-state index contributed by atoms with van der Waals surface area (Å²) in [6, 6.07) is 1.56. The van der Waals surface area contributed by atoms with E-state index in [1.54, 1.807) is 6.07 Å². The second kappa shape index (κ2) is 6.38. The van der Waals surface area contributed by atoms with E-state index in [1.165, 1.54) is 19.0 Å². The maximum Gasteiger partial charge on any atom is 0.250 e. The van der Waals surface area contributed by atoms with E-state index in [4.69, 9.17) is 16.2 Å². The molecule has 6 nitrogen and oxygen atoms in total. The van der Waals surface area contributed by atoms with E-state index >= 15 is 0 Å². The quantitative estimate of drug-likeness (QED) is 0.668. The Kier molecular flexibility index (Phi) is 4.57. The van der Waals surface area contributed by atoms with E-state index in [-0.39, 0.29) is 5.56 Å². The van der Waals surface area contributed by atoms with Gasteiger partial charge in [-0.25, -0.2) is 4.98 Å². The summed E-state index contributed by atoms with van der Waals surface area (Å²) in [7, 11) is 0. The lowest BCUT2D eigenvalue weighted by Crippen LogP contribution is -2.17. The van der Waals surface area contributed by atoms with Crippen molar-refractivity contribution in [2.45, 2.75) is 31.8 Å². The van der Waals surface area contributed by atoms with Crippen molar-refractivity contribution in [2.24, 2.45) is 5.73 Å². The van der Waals surface area contributed by atoms with Crippen molar-refractivity contribution in [1.82, 2.24) is 4.98 Å². The molecule has 1 heterocycles. The van der Waals surface area contributed by atoms with Crippen LogP contribution < -0.4 is 16.8 Å². The summed E-state index contributed by atoms with van der Waals surface area (Å²) in [5.41, 5.74) is 11.4. The Bertz CT molecular complexity index is 444. The molecule has 0 aliphatic heterocycles. The first-order chi connectivity index (χ1) is 9.16. The molecule has 1 aliphatic carbocycles. The molecule has 0 unspecified atom stereocenters. The number of primary amides is 1. The topological polar surface area (TPSA) is 103 Å². The van der Waals surface area contributed by atoms with Crippen LogP contribution in [-0.2, 0) is 4.74 Å². The Morgan fingerprint density at radius 2 is 2.21 bits per heavy atom. The fourth-order valence-electron chi connectivity index (χ4n) is 2.24. The van der Waals surface area contributed by atoms with Gasteiger partial charge >= 0.3 is 0 Å². The number of nitrogen functional groups attached to an aromatic ring is 1. The van der Waals surface area contributed by atoms with E-state index in [2.05, 4.69) is 10.3 Å². The van der Waals surface area contributed by atoms with Crippen molar-refractivity contribution in [3.63, 3.8) is 0 Å². The van der Waals surface area contributed by atoms with Crippen molar-refractivity contribution in [3.8, 4) is 0 Å². The van der Waals surface area contributed by atoms with E-state index in [0.29, 0.717) is 30.8 Å². The van der Waals surface area contributed by atoms with Crippen LogP contribution in [0.5, 0.6) is 0 Å². The molecule has 0 atom stereocenters. The summed E-state index contributed by atoms with van der Waals surface area (Å²) in [5, 5.41) is 3.09. The van der Waals surface area contributed by atoms with Gasteiger partial charge in [0.2, 0.25) is 0 Å². The first kappa shape index (κ1) is 13.6. The van der Waals surface area contributed by atoms with Crippen LogP contribution in [-0.4, -0.2) is 30.1 Å². The van der Waals surface area contributed by atoms with E-state index in [9.17, 15) is 4.79 Å². The molecule has 1 fully saturated rings. The van der Waals surface area contributed by atoms with Crippen LogP contribution in [0.1, 0.15) is 36.0 Å². The molecule has 1 amide bonds. The van der Waals surface area contributed by atoms with E-state index < -0.39 is 5.91 Å². The molecule has 0 bridgehead atoms. The van der Waals surface area contributed by atoms with Crippen molar-refractivity contribution < 1.29 is 9.53 Å². The van der Waals surface area contributed by atoms with E-state index in [0.717, 1.165) is 12.8 Å². The summed E-state index contributed by atoms with van der Waals surface area (Å²) in [4.78, 5) is 15.2. The van der Waals surface area contributed by atoms with Gasteiger partial charge in [0.25, 0.3) is 5.91 Å². The average molecular weight is 264 g/mol. The normalized spacial score (nSPS) is 15.6. The lowest BCUT2D eigenvalue weighted by molar-refractivity contribution is 0.0658. The third-order valence-corrected chi connectivity index (χ3v) is 3.26. The number of pyridine rings is 1. The molecule has 1 aromatic heterocycles. The molecule has 0 aromatic carbocycles. The van der Waals surface area contributed by atoms with Gasteiger partial charge in [-0.3, -0.25) is 4.79 Å². The van der Waals surface area contributed by atoms with Crippen LogP contribution in [0.25, 0.3) is 0 Å². The fraction of sp³-hybridized carbons (Fsp3) is 0.538. The second-order valence-corrected chi connectivity index (χ2v) is 4.73. The van der Waals surface area contributed by atoms with Gasteiger partial charge in [-0.1, -0.05) is 12.8 Å².